The fourth-order valence-corrected chi connectivity index (χ4v) is 0.947. The van der Waals surface area contributed by atoms with Crippen molar-refractivity contribution >= 4 is 12.1 Å². The summed E-state index contributed by atoms with van der Waals surface area (Å²) in [6.45, 7) is 3.78. The molecule has 0 aliphatic carbocycles. The van der Waals surface area contributed by atoms with E-state index in [0.29, 0.717) is 6.42 Å². The molecule has 1 amide bonds. The molecule has 0 saturated heterocycles. The van der Waals surface area contributed by atoms with Crippen molar-refractivity contribution in [2.45, 2.75) is 31.9 Å². The Morgan fingerprint density at radius 2 is 2.06 bits per heavy atom. The van der Waals surface area contributed by atoms with E-state index in [0.717, 1.165) is 19.3 Å². The van der Waals surface area contributed by atoms with Crippen molar-refractivity contribution in [2.24, 2.45) is 0 Å². The van der Waals surface area contributed by atoms with Gasteiger partial charge >= 0.3 is 12.1 Å². The number of allylic oxidation sites excluding steroid dienone is 1. The zero-order valence-electron chi connectivity index (χ0n) is 9.02. The number of hydrogen-bond donors (Lipinski definition) is 3. The van der Waals surface area contributed by atoms with E-state index in [9.17, 15) is 9.59 Å². The highest BCUT2D eigenvalue weighted by Gasteiger charge is 2.16. The van der Waals surface area contributed by atoms with Crippen molar-refractivity contribution in [3.8, 4) is 0 Å². The number of alkyl carbamates (subject to hydrolysis) is 1. The molecule has 0 radical (unpaired) electrons. The summed E-state index contributed by atoms with van der Waals surface area (Å²) in [7, 11) is 0. The molecule has 0 aliphatic rings. The van der Waals surface area contributed by atoms with Crippen molar-refractivity contribution in [1.29, 1.82) is 0 Å². The Bertz CT molecular complexity index is 241. The number of aliphatic hydroxyl groups excluding tert-OH is 1. The molecule has 0 heterocycles. The summed E-state index contributed by atoms with van der Waals surface area (Å²) in [4.78, 5) is 21.0. The van der Waals surface area contributed by atoms with Crippen molar-refractivity contribution in [3.05, 3.63) is 12.7 Å². The average molecular weight is 231 g/mol. The fourth-order valence-electron chi connectivity index (χ4n) is 0.947. The molecule has 0 aliphatic heterocycles. The minimum atomic E-state index is -1.92. The smallest absolute Gasteiger partial charge is 0.409 e. The first-order valence-corrected chi connectivity index (χ1v) is 5.03. The lowest BCUT2D eigenvalue weighted by molar-refractivity contribution is -0.148. The number of ether oxygens (including phenoxy) is 1. The van der Waals surface area contributed by atoms with Crippen LogP contribution in [-0.4, -0.2) is 35.1 Å². The van der Waals surface area contributed by atoms with Crippen molar-refractivity contribution < 1.29 is 24.5 Å². The summed E-state index contributed by atoms with van der Waals surface area (Å²) in [5.74, 6) is -1.53. The lowest BCUT2D eigenvalue weighted by atomic mass is 10.2. The molecule has 0 fully saturated rings. The summed E-state index contributed by atoms with van der Waals surface area (Å²) in [5, 5.41) is 18.8. The van der Waals surface area contributed by atoms with E-state index in [1.807, 2.05) is 6.08 Å². The molecule has 0 saturated carbocycles. The van der Waals surface area contributed by atoms with Crippen LogP contribution in [0.3, 0.4) is 0 Å². The maximum Gasteiger partial charge on any atom is 0.409 e. The van der Waals surface area contributed by atoms with Gasteiger partial charge in [0.05, 0.1) is 6.61 Å². The highest BCUT2D eigenvalue weighted by atomic mass is 16.6. The van der Waals surface area contributed by atoms with E-state index in [-0.39, 0.29) is 6.61 Å². The number of aliphatic carboxylic acids is 1. The van der Waals surface area contributed by atoms with Crippen LogP contribution >= 0.6 is 0 Å². The monoisotopic (exact) mass is 231 g/mol. The first kappa shape index (κ1) is 14.4. The minimum absolute atomic E-state index is 0.204. The quantitative estimate of drug-likeness (QED) is 0.327. The molecule has 1 atom stereocenters. The lowest BCUT2D eigenvalue weighted by Gasteiger charge is -2.08. The summed E-state index contributed by atoms with van der Waals surface area (Å²) in [6.07, 6.45) is 2.46. The lowest BCUT2D eigenvalue weighted by Crippen LogP contribution is -2.40. The van der Waals surface area contributed by atoms with E-state index in [1.54, 1.807) is 5.32 Å². The topological polar surface area (TPSA) is 95.9 Å². The van der Waals surface area contributed by atoms with Gasteiger partial charge in [-0.2, -0.15) is 0 Å². The van der Waals surface area contributed by atoms with E-state index in [1.165, 1.54) is 0 Å². The molecular weight excluding hydrogens is 214 g/mol. The predicted molar refractivity (Wildman–Crippen MR) is 56.8 cm³/mol. The van der Waals surface area contributed by atoms with E-state index in [4.69, 9.17) is 10.2 Å². The number of carboxylic acid groups (broad SMARTS) is 1. The van der Waals surface area contributed by atoms with Gasteiger partial charge in [-0.15, -0.1) is 6.58 Å². The van der Waals surface area contributed by atoms with Gasteiger partial charge in [-0.1, -0.05) is 6.08 Å². The van der Waals surface area contributed by atoms with E-state index >= 15 is 0 Å². The van der Waals surface area contributed by atoms with Crippen LogP contribution < -0.4 is 5.32 Å². The molecule has 6 heteroatoms. The van der Waals surface area contributed by atoms with Crippen LogP contribution in [-0.2, 0) is 9.53 Å². The molecule has 16 heavy (non-hydrogen) atoms. The van der Waals surface area contributed by atoms with Crippen LogP contribution in [0.5, 0.6) is 0 Å². The molecule has 0 unspecified atom stereocenters. The summed E-state index contributed by atoms with van der Waals surface area (Å²) >= 11 is 0. The fraction of sp³-hybridized carbons (Fsp3) is 0.600. The number of amides is 1. The third kappa shape index (κ3) is 7.81. The van der Waals surface area contributed by atoms with Gasteiger partial charge in [0.1, 0.15) is 0 Å². The summed E-state index contributed by atoms with van der Waals surface area (Å²) in [5.41, 5.74) is 0. The first-order chi connectivity index (χ1) is 7.57. The zero-order valence-corrected chi connectivity index (χ0v) is 9.02. The molecule has 0 bridgehead atoms. The second-order valence-corrected chi connectivity index (χ2v) is 3.16. The maximum atomic E-state index is 10.9. The number of carboxylic acids is 1. The number of nitrogens with one attached hydrogen (secondary N) is 1. The molecule has 0 rings (SSSR count). The van der Waals surface area contributed by atoms with Crippen molar-refractivity contribution in [3.63, 3.8) is 0 Å². The zero-order chi connectivity index (χ0) is 12.4. The van der Waals surface area contributed by atoms with Crippen molar-refractivity contribution in [2.75, 3.05) is 6.61 Å². The van der Waals surface area contributed by atoms with Crippen LogP contribution in [0.25, 0.3) is 0 Å². The molecule has 0 aromatic rings. The van der Waals surface area contributed by atoms with E-state index in [2.05, 4.69) is 11.3 Å². The Balaban J connectivity index is 3.44. The number of aliphatic hydroxyl groups is 1. The van der Waals surface area contributed by atoms with Crippen LogP contribution in [0.2, 0.25) is 0 Å². The van der Waals surface area contributed by atoms with Gasteiger partial charge in [-0.25, -0.2) is 9.59 Å². The minimum Gasteiger partial charge on any atom is -0.478 e. The Morgan fingerprint density at radius 3 is 2.62 bits per heavy atom. The second-order valence-electron chi connectivity index (χ2n) is 3.16. The van der Waals surface area contributed by atoms with Crippen LogP contribution in [0.15, 0.2) is 12.7 Å². The molecule has 3 N–H and O–H groups in total. The number of carbonyl (C=O) groups is 2. The Labute approximate surface area is 93.9 Å². The van der Waals surface area contributed by atoms with Crippen LogP contribution in [0.4, 0.5) is 4.79 Å². The molecule has 0 aromatic carbocycles. The van der Waals surface area contributed by atoms with E-state index < -0.39 is 18.3 Å². The summed E-state index contributed by atoms with van der Waals surface area (Å²) in [6, 6.07) is 0. The number of carbonyl (C=O) groups excluding carboxylic acids is 1. The second kappa shape index (κ2) is 8.72. The SMILES string of the molecule is C=CCCCCCOC(=O)N[C@@H](O)C(=O)O. The third-order valence-corrected chi connectivity index (χ3v) is 1.77. The molecule has 6 nitrogen and oxygen atoms in total. The molecule has 0 aromatic heterocycles. The molecule has 92 valence electrons. The first-order valence-electron chi connectivity index (χ1n) is 5.03. The van der Waals surface area contributed by atoms with Crippen molar-refractivity contribution in [1.82, 2.24) is 5.32 Å². The highest BCUT2D eigenvalue weighted by Crippen LogP contribution is 2.00. The molecule has 0 spiro atoms. The van der Waals surface area contributed by atoms with Crippen LogP contribution in [0.1, 0.15) is 25.7 Å². The standard InChI is InChI=1S/C10H17NO5/c1-2-3-4-5-6-7-16-10(15)11-8(12)9(13)14/h2,8,12H,1,3-7H2,(H,11,15)(H,13,14)/t8-/m0/s1. The normalized spacial score (nSPS) is 11.6. The van der Waals surface area contributed by atoms with Gasteiger partial charge < -0.3 is 14.9 Å². The third-order valence-electron chi connectivity index (χ3n) is 1.77. The maximum absolute atomic E-state index is 10.9. The van der Waals surface area contributed by atoms with Gasteiger partial charge in [0.2, 0.25) is 6.23 Å². The predicted octanol–water partition coefficient (Wildman–Crippen LogP) is 0.862. The van der Waals surface area contributed by atoms with Gasteiger partial charge in [-0.05, 0) is 25.7 Å². The Kier molecular flexibility index (Phi) is 7.87. The van der Waals surface area contributed by atoms with Gasteiger partial charge in [-0.3, -0.25) is 5.32 Å². The number of unbranched alkanes of at least 4 members (excludes halogenated alkanes) is 3. The Morgan fingerprint density at radius 1 is 1.38 bits per heavy atom. The average Bonchev–Trinajstić information content (AvgIpc) is 2.23. The summed E-state index contributed by atoms with van der Waals surface area (Å²) < 4.78 is 4.64. The van der Waals surface area contributed by atoms with Crippen LogP contribution in [0, 0.1) is 0 Å². The van der Waals surface area contributed by atoms with Gasteiger partial charge in [0.25, 0.3) is 0 Å². The Hall–Kier alpha value is -1.56. The molecular formula is C10H17NO5. The number of hydrogen-bond acceptors (Lipinski definition) is 4. The number of rotatable bonds is 8. The van der Waals surface area contributed by atoms with Gasteiger partial charge in [0, 0.05) is 0 Å². The highest BCUT2D eigenvalue weighted by molar-refractivity contribution is 5.78. The largest absolute Gasteiger partial charge is 0.478 e. The van der Waals surface area contributed by atoms with Gasteiger partial charge in [0.15, 0.2) is 0 Å².